The van der Waals surface area contributed by atoms with Crippen molar-refractivity contribution in [1.82, 2.24) is 0 Å². The average molecular weight is 302 g/mol. The first-order chi connectivity index (χ1) is 9.04. The Hall–Kier alpha value is -0.393. The van der Waals surface area contributed by atoms with Crippen molar-refractivity contribution in [2.75, 3.05) is 13.7 Å². The summed E-state index contributed by atoms with van der Waals surface area (Å²) >= 11 is 0. The topological polar surface area (TPSA) is 55.8 Å². The third kappa shape index (κ3) is 3.83. The average Bonchev–Trinajstić information content (AvgIpc) is 2.30. The van der Waals surface area contributed by atoms with Crippen molar-refractivity contribution in [1.29, 1.82) is 0 Å². The fourth-order valence-electron chi connectivity index (χ4n) is 2.55. The third-order valence-electron chi connectivity index (χ3n) is 5.03. The van der Waals surface area contributed by atoms with E-state index in [0.29, 0.717) is 19.4 Å². The highest BCUT2D eigenvalue weighted by atomic mass is 28.4. The summed E-state index contributed by atoms with van der Waals surface area (Å²) in [6.45, 7) is 11.5. The summed E-state index contributed by atoms with van der Waals surface area (Å²) in [6.07, 6.45) is 3.15. The Labute approximate surface area is 124 Å². The van der Waals surface area contributed by atoms with E-state index in [2.05, 4.69) is 33.9 Å². The smallest absolute Gasteiger partial charge is 0.311 e. The zero-order valence-electron chi connectivity index (χ0n) is 13.8. The van der Waals surface area contributed by atoms with Crippen LogP contribution in [-0.4, -0.2) is 39.2 Å². The number of hydrogen-bond donors (Lipinski definition) is 1. The van der Waals surface area contributed by atoms with E-state index in [1.165, 1.54) is 0 Å². The van der Waals surface area contributed by atoms with Crippen LogP contribution in [-0.2, 0) is 14.0 Å². The van der Waals surface area contributed by atoms with Gasteiger partial charge < -0.3 is 14.3 Å². The van der Waals surface area contributed by atoms with Gasteiger partial charge in [-0.25, -0.2) is 0 Å². The molecule has 0 bridgehead atoms. The van der Waals surface area contributed by atoms with Crippen molar-refractivity contribution in [3.63, 3.8) is 0 Å². The van der Waals surface area contributed by atoms with Crippen LogP contribution in [0.4, 0.5) is 0 Å². The summed E-state index contributed by atoms with van der Waals surface area (Å²) in [7, 11) is -0.191. The van der Waals surface area contributed by atoms with E-state index in [0.717, 1.165) is 12.8 Å². The van der Waals surface area contributed by atoms with Crippen LogP contribution in [0.15, 0.2) is 0 Å². The maximum absolute atomic E-state index is 11.5. The lowest BCUT2D eigenvalue weighted by molar-refractivity contribution is -0.156. The molecule has 0 spiro atoms. The molecule has 0 amide bonds. The van der Waals surface area contributed by atoms with Crippen LogP contribution in [0.3, 0.4) is 0 Å². The van der Waals surface area contributed by atoms with Gasteiger partial charge >= 0.3 is 5.97 Å². The Morgan fingerprint density at radius 2 is 1.80 bits per heavy atom. The molecule has 0 aromatic carbocycles. The highest BCUT2D eigenvalue weighted by Gasteiger charge is 2.45. The van der Waals surface area contributed by atoms with E-state index >= 15 is 0 Å². The number of ether oxygens (including phenoxy) is 1. The fraction of sp³-hybridized carbons (Fsp3) is 0.933. The molecule has 0 atom stereocenters. The van der Waals surface area contributed by atoms with Crippen LogP contribution in [0.2, 0.25) is 18.1 Å². The lowest BCUT2D eigenvalue weighted by atomic mass is 9.74. The molecular weight excluding hydrogens is 272 g/mol. The second-order valence-corrected chi connectivity index (χ2v) is 12.4. The van der Waals surface area contributed by atoms with Crippen LogP contribution in [0, 0.1) is 5.41 Å². The van der Waals surface area contributed by atoms with Gasteiger partial charge in [0.1, 0.15) is 0 Å². The standard InChI is InChI=1S/C15H30O4Si/c1-14(2,3)20(5,6)19-12-7-9-15(10-8-12,11-18-4)13(16)17/h12H,7-11H2,1-6H3,(H,16,17). The molecule has 0 saturated heterocycles. The normalized spacial score (nSPS) is 28.4. The number of hydrogen-bond acceptors (Lipinski definition) is 3. The summed E-state index contributed by atoms with van der Waals surface area (Å²) in [4.78, 5) is 11.5. The van der Waals surface area contributed by atoms with Crippen molar-refractivity contribution in [3.8, 4) is 0 Å². The quantitative estimate of drug-likeness (QED) is 0.787. The van der Waals surface area contributed by atoms with Crippen molar-refractivity contribution in [3.05, 3.63) is 0 Å². The van der Waals surface area contributed by atoms with Crippen LogP contribution in [0.25, 0.3) is 0 Å². The Morgan fingerprint density at radius 1 is 1.30 bits per heavy atom. The molecule has 1 saturated carbocycles. The maximum Gasteiger partial charge on any atom is 0.311 e. The largest absolute Gasteiger partial charge is 0.481 e. The minimum atomic E-state index is -1.76. The Balaban J connectivity index is 2.64. The molecule has 1 N–H and O–H groups in total. The molecule has 20 heavy (non-hydrogen) atoms. The maximum atomic E-state index is 11.5. The van der Waals surface area contributed by atoms with Crippen molar-refractivity contribution in [2.24, 2.45) is 5.41 Å². The van der Waals surface area contributed by atoms with Gasteiger partial charge in [0.2, 0.25) is 0 Å². The van der Waals surface area contributed by atoms with Gasteiger partial charge in [0.15, 0.2) is 8.32 Å². The summed E-state index contributed by atoms with van der Waals surface area (Å²) < 4.78 is 11.5. The van der Waals surface area contributed by atoms with E-state index in [1.54, 1.807) is 7.11 Å². The predicted molar refractivity (Wildman–Crippen MR) is 82.5 cm³/mol. The molecule has 1 aliphatic rings. The first kappa shape index (κ1) is 17.7. The SMILES string of the molecule is COCC1(C(=O)O)CCC(O[Si](C)(C)C(C)(C)C)CC1. The first-order valence-corrected chi connectivity index (χ1v) is 10.3. The zero-order valence-corrected chi connectivity index (χ0v) is 14.8. The van der Waals surface area contributed by atoms with Gasteiger partial charge in [0.25, 0.3) is 0 Å². The molecule has 1 rings (SSSR count). The van der Waals surface area contributed by atoms with Gasteiger partial charge in [-0.2, -0.15) is 0 Å². The lowest BCUT2D eigenvalue weighted by Gasteiger charge is -2.43. The summed E-state index contributed by atoms with van der Waals surface area (Å²) in [5.74, 6) is -0.731. The van der Waals surface area contributed by atoms with E-state index < -0.39 is 19.7 Å². The fourth-order valence-corrected chi connectivity index (χ4v) is 3.97. The number of carbonyl (C=O) groups is 1. The molecule has 0 heterocycles. The van der Waals surface area contributed by atoms with E-state index in [9.17, 15) is 9.90 Å². The van der Waals surface area contributed by atoms with Gasteiger partial charge in [-0.05, 0) is 43.8 Å². The molecule has 1 aliphatic carbocycles. The van der Waals surface area contributed by atoms with Gasteiger partial charge in [0.05, 0.1) is 12.0 Å². The van der Waals surface area contributed by atoms with Gasteiger partial charge in [-0.1, -0.05) is 20.8 Å². The summed E-state index contributed by atoms with van der Waals surface area (Å²) in [5, 5.41) is 9.65. The molecule has 0 aliphatic heterocycles. The minimum absolute atomic E-state index is 0.195. The highest BCUT2D eigenvalue weighted by Crippen LogP contribution is 2.42. The summed E-state index contributed by atoms with van der Waals surface area (Å²) in [6, 6.07) is 0. The Kier molecular flexibility index (Phi) is 5.44. The molecule has 0 aromatic heterocycles. The van der Waals surface area contributed by atoms with Crippen LogP contribution < -0.4 is 0 Å². The highest BCUT2D eigenvalue weighted by molar-refractivity contribution is 6.74. The van der Waals surface area contributed by atoms with Crippen molar-refractivity contribution in [2.45, 2.75) is 70.7 Å². The third-order valence-corrected chi connectivity index (χ3v) is 9.57. The van der Waals surface area contributed by atoms with Gasteiger partial charge in [0, 0.05) is 13.2 Å². The molecule has 0 radical (unpaired) electrons. The van der Waals surface area contributed by atoms with Gasteiger partial charge in [-0.15, -0.1) is 0 Å². The minimum Gasteiger partial charge on any atom is -0.481 e. The molecular formula is C15H30O4Si. The van der Waals surface area contributed by atoms with Gasteiger partial charge in [-0.3, -0.25) is 4.79 Å². The second kappa shape index (κ2) is 6.16. The number of rotatable bonds is 5. The number of carboxylic acids is 1. The molecule has 1 fully saturated rings. The lowest BCUT2D eigenvalue weighted by Crippen LogP contribution is -2.47. The predicted octanol–water partition coefficient (Wildman–Crippen LogP) is 3.67. The second-order valence-electron chi connectivity index (χ2n) is 7.60. The molecule has 0 unspecified atom stereocenters. The molecule has 118 valence electrons. The number of carboxylic acid groups (broad SMARTS) is 1. The van der Waals surface area contributed by atoms with E-state index in [1.807, 2.05) is 0 Å². The molecule has 5 heteroatoms. The number of methoxy groups -OCH3 is 1. The van der Waals surface area contributed by atoms with Crippen LogP contribution >= 0.6 is 0 Å². The van der Waals surface area contributed by atoms with E-state index in [4.69, 9.17) is 9.16 Å². The van der Waals surface area contributed by atoms with Crippen molar-refractivity contribution >= 4 is 14.3 Å². The van der Waals surface area contributed by atoms with Crippen LogP contribution in [0.1, 0.15) is 46.5 Å². The monoisotopic (exact) mass is 302 g/mol. The summed E-state index contributed by atoms with van der Waals surface area (Å²) in [5.41, 5.74) is -0.706. The Morgan fingerprint density at radius 3 is 2.15 bits per heavy atom. The zero-order chi connectivity index (χ0) is 15.6. The Bertz CT molecular complexity index is 338. The van der Waals surface area contributed by atoms with E-state index in [-0.39, 0.29) is 11.1 Å². The number of aliphatic carboxylic acids is 1. The molecule has 0 aromatic rings. The first-order valence-electron chi connectivity index (χ1n) is 7.44. The van der Waals surface area contributed by atoms with Crippen molar-refractivity contribution < 1.29 is 19.1 Å². The van der Waals surface area contributed by atoms with Crippen LogP contribution in [0.5, 0.6) is 0 Å². The molecule has 4 nitrogen and oxygen atoms in total.